The Hall–Kier alpha value is -2.28. The summed E-state index contributed by atoms with van der Waals surface area (Å²) in [6.45, 7) is 0. The highest BCUT2D eigenvalue weighted by molar-refractivity contribution is 5.93. The van der Waals surface area contributed by atoms with Crippen molar-refractivity contribution in [3.63, 3.8) is 0 Å². The minimum atomic E-state index is -0.791. The Morgan fingerprint density at radius 3 is 2.79 bits per heavy atom. The van der Waals surface area contributed by atoms with E-state index in [-0.39, 0.29) is 16.9 Å². The third kappa shape index (κ3) is 2.11. The number of phenols is 1. The Morgan fingerprint density at radius 2 is 2.21 bits per heavy atom. The third-order valence-electron chi connectivity index (χ3n) is 1.51. The maximum atomic E-state index is 10.4. The van der Waals surface area contributed by atoms with Gasteiger partial charge in [0.25, 0.3) is 5.91 Å². The number of benzene rings is 1. The minimum absolute atomic E-state index is 0.126. The van der Waals surface area contributed by atoms with Gasteiger partial charge >= 0.3 is 0 Å². The van der Waals surface area contributed by atoms with Crippen LogP contribution >= 0.6 is 0 Å². The van der Waals surface area contributed by atoms with Crippen molar-refractivity contribution >= 4 is 12.2 Å². The molecule has 0 bridgehead atoms. The molecule has 1 rings (SSSR count). The standard InChI is InChI=1S/C10H7NO3/c11-9(13)5-4-7-2-1-3-8(6-12)10(7)14/h1-3,6,14H,(H2,11,13). The molecule has 1 amide bonds. The molecule has 0 aliphatic rings. The lowest BCUT2D eigenvalue weighted by Crippen LogP contribution is -2.06. The molecule has 0 aromatic heterocycles. The zero-order valence-electron chi connectivity index (χ0n) is 7.15. The number of aromatic hydroxyl groups is 1. The van der Waals surface area contributed by atoms with Gasteiger partial charge in [0.15, 0.2) is 6.29 Å². The number of carbonyl (C=O) groups is 2. The van der Waals surface area contributed by atoms with Crippen LogP contribution in [0.25, 0.3) is 0 Å². The molecule has 0 fully saturated rings. The summed E-state index contributed by atoms with van der Waals surface area (Å²) in [5.74, 6) is 3.39. The lowest BCUT2D eigenvalue weighted by molar-refractivity contribution is -0.112. The van der Waals surface area contributed by atoms with Crippen LogP contribution in [-0.4, -0.2) is 17.3 Å². The molecule has 0 heterocycles. The van der Waals surface area contributed by atoms with Gasteiger partial charge in [-0.05, 0) is 12.1 Å². The van der Waals surface area contributed by atoms with Gasteiger partial charge in [0, 0.05) is 5.92 Å². The van der Waals surface area contributed by atoms with Crippen molar-refractivity contribution in [2.24, 2.45) is 5.73 Å². The first-order valence-electron chi connectivity index (χ1n) is 3.73. The second kappa shape index (κ2) is 4.10. The van der Waals surface area contributed by atoms with Crippen molar-refractivity contribution in [3.8, 4) is 17.6 Å². The van der Waals surface area contributed by atoms with Gasteiger partial charge in [0.05, 0.1) is 11.1 Å². The van der Waals surface area contributed by atoms with Crippen molar-refractivity contribution in [2.75, 3.05) is 0 Å². The van der Waals surface area contributed by atoms with Crippen LogP contribution in [0, 0.1) is 11.8 Å². The Bertz CT molecular complexity index is 440. The van der Waals surface area contributed by atoms with Crippen molar-refractivity contribution in [2.45, 2.75) is 0 Å². The second-order valence-corrected chi connectivity index (χ2v) is 2.48. The molecule has 4 nitrogen and oxygen atoms in total. The van der Waals surface area contributed by atoms with Gasteiger partial charge in [-0.15, -0.1) is 0 Å². The first-order valence-corrected chi connectivity index (χ1v) is 3.73. The van der Waals surface area contributed by atoms with E-state index in [9.17, 15) is 14.7 Å². The molecule has 70 valence electrons. The van der Waals surface area contributed by atoms with Crippen LogP contribution in [0.5, 0.6) is 5.75 Å². The molecular formula is C10H7NO3. The third-order valence-corrected chi connectivity index (χ3v) is 1.51. The van der Waals surface area contributed by atoms with Crippen LogP contribution in [0.15, 0.2) is 18.2 Å². The van der Waals surface area contributed by atoms with Crippen molar-refractivity contribution < 1.29 is 14.7 Å². The summed E-state index contributed by atoms with van der Waals surface area (Å²) in [7, 11) is 0. The molecule has 0 radical (unpaired) electrons. The van der Waals surface area contributed by atoms with E-state index in [0.717, 1.165) is 0 Å². The quantitative estimate of drug-likeness (QED) is 0.483. The van der Waals surface area contributed by atoms with Gasteiger partial charge in [-0.2, -0.15) is 0 Å². The molecule has 0 saturated carbocycles. The second-order valence-electron chi connectivity index (χ2n) is 2.48. The largest absolute Gasteiger partial charge is 0.506 e. The van der Waals surface area contributed by atoms with Gasteiger partial charge in [-0.1, -0.05) is 12.0 Å². The van der Waals surface area contributed by atoms with Crippen LogP contribution in [0.1, 0.15) is 15.9 Å². The van der Waals surface area contributed by atoms with Crippen LogP contribution < -0.4 is 5.73 Å². The number of carbonyl (C=O) groups excluding carboxylic acids is 2. The predicted molar refractivity (Wildman–Crippen MR) is 49.6 cm³/mol. The number of nitrogens with two attached hydrogens (primary N) is 1. The molecule has 0 spiro atoms. The Balaban J connectivity index is 3.18. The van der Waals surface area contributed by atoms with E-state index >= 15 is 0 Å². The van der Waals surface area contributed by atoms with E-state index in [1.54, 1.807) is 6.07 Å². The monoisotopic (exact) mass is 189 g/mol. The highest BCUT2D eigenvalue weighted by Crippen LogP contribution is 2.19. The minimum Gasteiger partial charge on any atom is -0.506 e. The average molecular weight is 189 g/mol. The van der Waals surface area contributed by atoms with Gasteiger partial charge in [-0.25, -0.2) is 0 Å². The van der Waals surface area contributed by atoms with E-state index < -0.39 is 5.91 Å². The molecule has 14 heavy (non-hydrogen) atoms. The molecule has 0 saturated heterocycles. The molecule has 0 unspecified atom stereocenters. The fraction of sp³-hybridized carbons (Fsp3) is 0. The summed E-state index contributed by atoms with van der Waals surface area (Å²) in [5.41, 5.74) is 5.13. The molecule has 0 aliphatic heterocycles. The van der Waals surface area contributed by atoms with Crippen molar-refractivity contribution in [3.05, 3.63) is 29.3 Å². The number of hydrogen-bond acceptors (Lipinski definition) is 3. The summed E-state index contributed by atoms with van der Waals surface area (Å²) >= 11 is 0. The molecule has 3 N–H and O–H groups in total. The van der Waals surface area contributed by atoms with E-state index in [2.05, 4.69) is 11.8 Å². The number of amides is 1. The maximum Gasteiger partial charge on any atom is 0.293 e. The van der Waals surface area contributed by atoms with Crippen LogP contribution in [0.3, 0.4) is 0 Å². The predicted octanol–water partition coefficient (Wildman–Crippen LogP) is 0.0415. The molecule has 4 heteroatoms. The number of aldehydes is 1. The fourth-order valence-corrected chi connectivity index (χ4v) is 0.886. The van der Waals surface area contributed by atoms with Crippen molar-refractivity contribution in [1.82, 2.24) is 0 Å². The van der Waals surface area contributed by atoms with Gasteiger partial charge in [0.1, 0.15) is 5.75 Å². The van der Waals surface area contributed by atoms with E-state index in [1.807, 2.05) is 0 Å². The fourth-order valence-electron chi connectivity index (χ4n) is 0.886. The number of para-hydroxylation sites is 1. The first kappa shape index (κ1) is 9.81. The summed E-state index contributed by atoms with van der Waals surface area (Å²) < 4.78 is 0. The van der Waals surface area contributed by atoms with Crippen LogP contribution in [0.4, 0.5) is 0 Å². The highest BCUT2D eigenvalue weighted by atomic mass is 16.3. The molecular weight excluding hydrogens is 182 g/mol. The summed E-state index contributed by atoms with van der Waals surface area (Å²) in [4.78, 5) is 20.8. The van der Waals surface area contributed by atoms with Gasteiger partial charge < -0.3 is 10.8 Å². The molecule has 0 atom stereocenters. The molecule has 1 aromatic rings. The lowest BCUT2D eigenvalue weighted by Gasteiger charge is -1.98. The SMILES string of the molecule is NC(=O)C#Cc1cccc(C=O)c1O. The summed E-state index contributed by atoms with van der Waals surface area (Å²) in [6, 6.07) is 4.48. The summed E-state index contributed by atoms with van der Waals surface area (Å²) in [5, 5.41) is 9.42. The Morgan fingerprint density at radius 1 is 1.50 bits per heavy atom. The Labute approximate surface area is 80.3 Å². The van der Waals surface area contributed by atoms with E-state index in [0.29, 0.717) is 6.29 Å². The van der Waals surface area contributed by atoms with Gasteiger partial charge in [0.2, 0.25) is 0 Å². The average Bonchev–Trinajstić information content (AvgIpc) is 2.16. The smallest absolute Gasteiger partial charge is 0.293 e. The lowest BCUT2D eigenvalue weighted by atomic mass is 10.1. The zero-order chi connectivity index (χ0) is 10.6. The number of hydrogen-bond donors (Lipinski definition) is 2. The first-order chi connectivity index (χ1) is 6.65. The van der Waals surface area contributed by atoms with Crippen LogP contribution in [-0.2, 0) is 4.79 Å². The zero-order valence-corrected chi connectivity index (χ0v) is 7.15. The summed E-state index contributed by atoms with van der Waals surface area (Å²) in [6.07, 6.45) is 0.505. The molecule has 0 aliphatic carbocycles. The van der Waals surface area contributed by atoms with Crippen molar-refractivity contribution in [1.29, 1.82) is 0 Å². The number of primary amides is 1. The maximum absolute atomic E-state index is 10.4. The highest BCUT2D eigenvalue weighted by Gasteiger charge is 2.03. The topological polar surface area (TPSA) is 80.4 Å². The van der Waals surface area contributed by atoms with E-state index in [1.165, 1.54) is 12.1 Å². The van der Waals surface area contributed by atoms with Gasteiger partial charge in [-0.3, -0.25) is 9.59 Å². The number of phenolic OH excluding ortho intramolecular Hbond substituents is 1. The Kier molecular flexibility index (Phi) is 2.87. The normalized spacial score (nSPS) is 8.57. The molecule has 1 aromatic carbocycles. The van der Waals surface area contributed by atoms with E-state index in [4.69, 9.17) is 5.73 Å². The number of rotatable bonds is 1. The van der Waals surface area contributed by atoms with Crippen LogP contribution in [0.2, 0.25) is 0 Å².